The van der Waals surface area contributed by atoms with Crippen molar-refractivity contribution in [3.8, 4) is 5.75 Å². The summed E-state index contributed by atoms with van der Waals surface area (Å²) in [6.45, 7) is 2.20. The van der Waals surface area contributed by atoms with Crippen LogP contribution in [-0.2, 0) is 0 Å². The molecule has 2 aliphatic rings. The standard InChI is InChI=1S/C23H26N2O4/c1-29-21-9-5-4-6-18(21)16-10-12-24(13-11-16)14-17(26)15-25-22(27)19-7-2-3-8-20(19)23(25)28/h2-9,16-17,26H,10-15H2,1H3. The van der Waals surface area contributed by atoms with Crippen LogP contribution in [-0.4, -0.2) is 66.1 Å². The molecule has 4 rings (SSSR count). The number of carbonyl (C=O) groups is 2. The summed E-state index contributed by atoms with van der Waals surface area (Å²) < 4.78 is 5.49. The van der Waals surface area contributed by atoms with Crippen molar-refractivity contribution in [2.75, 3.05) is 33.3 Å². The Balaban J connectivity index is 1.31. The van der Waals surface area contributed by atoms with Gasteiger partial charge in [0.05, 0.1) is 30.9 Å². The van der Waals surface area contributed by atoms with Crippen molar-refractivity contribution < 1.29 is 19.4 Å². The number of methoxy groups -OCH3 is 1. The van der Waals surface area contributed by atoms with E-state index in [4.69, 9.17) is 4.74 Å². The zero-order valence-corrected chi connectivity index (χ0v) is 16.6. The van der Waals surface area contributed by atoms with Crippen LogP contribution in [0.25, 0.3) is 0 Å². The Bertz CT molecular complexity index is 870. The van der Waals surface area contributed by atoms with E-state index in [-0.39, 0.29) is 18.4 Å². The third-order valence-corrected chi connectivity index (χ3v) is 5.91. The second-order valence-electron chi connectivity index (χ2n) is 7.74. The van der Waals surface area contributed by atoms with Crippen molar-refractivity contribution in [2.24, 2.45) is 0 Å². The number of hydrogen-bond acceptors (Lipinski definition) is 5. The Hall–Kier alpha value is -2.70. The summed E-state index contributed by atoms with van der Waals surface area (Å²) in [5, 5.41) is 10.5. The van der Waals surface area contributed by atoms with Crippen LogP contribution in [0.2, 0.25) is 0 Å². The summed E-state index contributed by atoms with van der Waals surface area (Å²) >= 11 is 0. The van der Waals surface area contributed by atoms with E-state index in [0.717, 1.165) is 36.6 Å². The number of benzene rings is 2. The molecule has 0 spiro atoms. The van der Waals surface area contributed by atoms with Crippen LogP contribution < -0.4 is 4.74 Å². The zero-order valence-electron chi connectivity index (χ0n) is 16.6. The molecule has 1 unspecified atom stereocenters. The highest BCUT2D eigenvalue weighted by Crippen LogP contribution is 2.34. The van der Waals surface area contributed by atoms with Gasteiger partial charge in [0.25, 0.3) is 11.8 Å². The van der Waals surface area contributed by atoms with Crippen molar-refractivity contribution in [1.82, 2.24) is 9.80 Å². The highest BCUT2D eigenvalue weighted by atomic mass is 16.5. The number of β-amino-alcohol motifs (C(OH)–C–C–N with tert-alkyl or cyclic N) is 1. The van der Waals surface area contributed by atoms with Crippen molar-refractivity contribution in [2.45, 2.75) is 24.9 Å². The molecule has 2 aromatic carbocycles. The Morgan fingerprint density at radius 3 is 2.17 bits per heavy atom. The van der Waals surface area contributed by atoms with E-state index >= 15 is 0 Å². The minimum Gasteiger partial charge on any atom is -0.496 e. The monoisotopic (exact) mass is 394 g/mol. The van der Waals surface area contributed by atoms with Crippen LogP contribution >= 0.6 is 0 Å². The van der Waals surface area contributed by atoms with E-state index in [2.05, 4.69) is 11.0 Å². The first-order valence-electron chi connectivity index (χ1n) is 10.1. The van der Waals surface area contributed by atoms with E-state index in [0.29, 0.717) is 23.6 Å². The summed E-state index contributed by atoms with van der Waals surface area (Å²) in [5.41, 5.74) is 2.07. The molecule has 6 nitrogen and oxygen atoms in total. The fourth-order valence-electron chi connectivity index (χ4n) is 4.40. The smallest absolute Gasteiger partial charge is 0.261 e. The number of amides is 2. The molecule has 6 heteroatoms. The molecule has 0 saturated carbocycles. The summed E-state index contributed by atoms with van der Waals surface area (Å²) in [6.07, 6.45) is 1.21. The number of fused-ring (bicyclic) bond motifs is 1. The molecular formula is C23H26N2O4. The fraction of sp³-hybridized carbons (Fsp3) is 0.391. The van der Waals surface area contributed by atoms with Crippen molar-refractivity contribution in [3.63, 3.8) is 0 Å². The molecule has 1 atom stereocenters. The molecule has 29 heavy (non-hydrogen) atoms. The summed E-state index contributed by atoms with van der Waals surface area (Å²) in [6, 6.07) is 14.9. The first kappa shape index (κ1) is 19.6. The van der Waals surface area contributed by atoms with Gasteiger partial charge in [-0.2, -0.15) is 0 Å². The van der Waals surface area contributed by atoms with Gasteiger partial charge < -0.3 is 14.7 Å². The number of rotatable bonds is 6. The highest BCUT2D eigenvalue weighted by molar-refractivity contribution is 6.21. The summed E-state index contributed by atoms with van der Waals surface area (Å²) in [7, 11) is 1.70. The molecule has 0 radical (unpaired) electrons. The van der Waals surface area contributed by atoms with Gasteiger partial charge >= 0.3 is 0 Å². The molecule has 152 valence electrons. The van der Waals surface area contributed by atoms with Gasteiger partial charge in [-0.05, 0) is 55.6 Å². The normalized spacial score (nSPS) is 18.8. The van der Waals surface area contributed by atoms with Gasteiger partial charge in [0.1, 0.15) is 5.75 Å². The molecule has 0 bridgehead atoms. The zero-order chi connectivity index (χ0) is 20.4. The van der Waals surface area contributed by atoms with E-state index in [1.807, 2.05) is 18.2 Å². The molecule has 1 saturated heterocycles. The van der Waals surface area contributed by atoms with E-state index in [1.54, 1.807) is 31.4 Å². The lowest BCUT2D eigenvalue weighted by Gasteiger charge is -2.34. The molecule has 2 aromatic rings. The molecule has 1 N–H and O–H groups in total. The first-order chi connectivity index (χ1) is 14.1. The van der Waals surface area contributed by atoms with Gasteiger partial charge in [-0.25, -0.2) is 0 Å². The van der Waals surface area contributed by atoms with Gasteiger partial charge in [0, 0.05) is 6.54 Å². The van der Waals surface area contributed by atoms with E-state index in [1.165, 1.54) is 5.56 Å². The van der Waals surface area contributed by atoms with Crippen molar-refractivity contribution >= 4 is 11.8 Å². The molecular weight excluding hydrogens is 368 g/mol. The Morgan fingerprint density at radius 2 is 1.55 bits per heavy atom. The second-order valence-corrected chi connectivity index (χ2v) is 7.74. The Morgan fingerprint density at radius 1 is 0.966 bits per heavy atom. The molecule has 0 aromatic heterocycles. The maximum Gasteiger partial charge on any atom is 0.261 e. The third kappa shape index (κ3) is 3.91. The average molecular weight is 394 g/mol. The first-order valence-corrected chi connectivity index (χ1v) is 10.1. The summed E-state index contributed by atoms with van der Waals surface area (Å²) in [5.74, 6) is 0.728. The predicted molar refractivity (Wildman–Crippen MR) is 109 cm³/mol. The maximum atomic E-state index is 12.5. The molecule has 2 aliphatic heterocycles. The van der Waals surface area contributed by atoms with Gasteiger partial charge in [0.15, 0.2) is 0 Å². The minimum atomic E-state index is -0.764. The number of likely N-dealkylation sites (tertiary alicyclic amines) is 1. The largest absolute Gasteiger partial charge is 0.496 e. The lowest BCUT2D eigenvalue weighted by atomic mass is 9.88. The lowest BCUT2D eigenvalue weighted by Crippen LogP contribution is -2.44. The number of hydrogen-bond donors (Lipinski definition) is 1. The number of carbonyl (C=O) groups excluding carboxylic acids is 2. The third-order valence-electron chi connectivity index (χ3n) is 5.91. The Labute approximate surface area is 170 Å². The van der Waals surface area contributed by atoms with Crippen LogP contribution in [0.15, 0.2) is 48.5 Å². The average Bonchev–Trinajstić information content (AvgIpc) is 2.99. The second kappa shape index (κ2) is 8.35. The van der Waals surface area contributed by atoms with Crippen LogP contribution in [0, 0.1) is 0 Å². The number of piperidine rings is 1. The van der Waals surface area contributed by atoms with Crippen molar-refractivity contribution in [3.05, 3.63) is 65.2 Å². The van der Waals surface area contributed by atoms with Crippen molar-refractivity contribution in [1.29, 1.82) is 0 Å². The SMILES string of the molecule is COc1ccccc1C1CCN(CC(O)CN2C(=O)c3ccccc3C2=O)CC1. The molecule has 0 aliphatic carbocycles. The van der Waals surface area contributed by atoms with Gasteiger partial charge in [-0.1, -0.05) is 30.3 Å². The van der Waals surface area contributed by atoms with E-state index < -0.39 is 6.10 Å². The highest BCUT2D eigenvalue weighted by Gasteiger charge is 2.36. The van der Waals surface area contributed by atoms with Gasteiger partial charge in [-0.3, -0.25) is 14.5 Å². The number of para-hydroxylation sites is 1. The van der Waals surface area contributed by atoms with Crippen LogP contribution in [0.4, 0.5) is 0 Å². The van der Waals surface area contributed by atoms with Crippen LogP contribution in [0.1, 0.15) is 45.0 Å². The van der Waals surface area contributed by atoms with Gasteiger partial charge in [0.2, 0.25) is 0 Å². The van der Waals surface area contributed by atoms with E-state index in [9.17, 15) is 14.7 Å². The molecule has 1 fully saturated rings. The minimum absolute atomic E-state index is 0.0266. The van der Waals surface area contributed by atoms with Crippen LogP contribution in [0.3, 0.4) is 0 Å². The Kier molecular flexibility index (Phi) is 5.65. The number of imide groups is 1. The fourth-order valence-corrected chi connectivity index (χ4v) is 4.40. The number of aliphatic hydroxyl groups excluding tert-OH is 1. The van der Waals surface area contributed by atoms with Gasteiger partial charge in [-0.15, -0.1) is 0 Å². The lowest BCUT2D eigenvalue weighted by molar-refractivity contribution is 0.0449. The number of ether oxygens (including phenoxy) is 1. The molecule has 2 heterocycles. The maximum absolute atomic E-state index is 12.5. The quantitative estimate of drug-likeness (QED) is 0.763. The number of nitrogens with zero attached hydrogens (tertiary/aromatic N) is 2. The van der Waals surface area contributed by atoms with Crippen LogP contribution in [0.5, 0.6) is 5.75 Å². The predicted octanol–water partition coefficient (Wildman–Crippen LogP) is 2.53. The molecule has 2 amide bonds. The topological polar surface area (TPSA) is 70.1 Å². The number of aliphatic hydroxyl groups is 1. The summed E-state index contributed by atoms with van der Waals surface area (Å²) in [4.78, 5) is 28.3.